The first-order valence-electron chi connectivity index (χ1n) is 9.39. The summed E-state index contributed by atoms with van der Waals surface area (Å²) in [5.41, 5.74) is -0.244. The molecule has 31 heavy (non-hydrogen) atoms. The Morgan fingerprint density at radius 1 is 1.26 bits per heavy atom. The van der Waals surface area contributed by atoms with Crippen LogP contribution in [0.3, 0.4) is 0 Å². The zero-order chi connectivity index (χ0) is 22.6. The Labute approximate surface area is 181 Å². The number of ether oxygens (including phenoxy) is 1. The highest BCUT2D eigenvalue weighted by molar-refractivity contribution is 8.15. The maximum atomic E-state index is 13.0. The molecule has 0 spiro atoms. The minimum atomic E-state index is -4.50. The maximum Gasteiger partial charge on any atom is 0.416 e. The van der Waals surface area contributed by atoms with E-state index in [9.17, 15) is 22.8 Å². The number of hydrogen-bond acceptors (Lipinski definition) is 5. The number of nitrogens with one attached hydrogen (secondary N) is 1. The molecule has 1 N–H and O–H groups in total. The minimum absolute atomic E-state index is 0.0396. The highest BCUT2D eigenvalue weighted by atomic mass is 32.2. The van der Waals surface area contributed by atoms with Crippen LogP contribution in [0, 0.1) is 0 Å². The van der Waals surface area contributed by atoms with Crippen LogP contribution in [0.4, 0.5) is 24.5 Å². The van der Waals surface area contributed by atoms with E-state index in [0.717, 1.165) is 23.9 Å². The Morgan fingerprint density at radius 3 is 2.58 bits per heavy atom. The largest absolute Gasteiger partial charge is 0.497 e. The second-order valence-corrected chi connectivity index (χ2v) is 7.78. The van der Waals surface area contributed by atoms with Gasteiger partial charge in [-0.1, -0.05) is 17.8 Å². The summed E-state index contributed by atoms with van der Waals surface area (Å²) in [4.78, 5) is 30.9. The lowest BCUT2D eigenvalue weighted by Gasteiger charge is -2.31. The van der Waals surface area contributed by atoms with Crippen LogP contribution in [0.2, 0.25) is 0 Å². The van der Waals surface area contributed by atoms with E-state index < -0.39 is 22.9 Å². The summed E-state index contributed by atoms with van der Waals surface area (Å²) in [6, 6.07) is 11.2. The van der Waals surface area contributed by atoms with Gasteiger partial charge in [0.1, 0.15) is 11.0 Å². The Bertz CT molecular complexity index is 993. The van der Waals surface area contributed by atoms with Crippen LogP contribution in [0.25, 0.3) is 0 Å². The predicted octanol–water partition coefficient (Wildman–Crippen LogP) is 4.69. The molecule has 1 fully saturated rings. The summed E-state index contributed by atoms with van der Waals surface area (Å²) in [7, 11) is 1.53. The molecule has 2 aromatic carbocycles. The van der Waals surface area contributed by atoms with Crippen molar-refractivity contribution in [2.75, 3.05) is 19.0 Å². The van der Waals surface area contributed by atoms with E-state index >= 15 is 0 Å². The number of rotatable bonds is 5. The number of nitrogens with zero attached hydrogens (tertiary/aromatic N) is 2. The quantitative estimate of drug-likeness (QED) is 0.716. The lowest BCUT2D eigenvalue weighted by molar-refractivity contribution is -0.137. The SMILES string of the molecule is CCN1C(=O)CC(C(=O)Nc2ccc(OC)cc2)SC1=Nc1cccc(C(F)(F)F)c1. The number of methoxy groups -OCH3 is 1. The highest BCUT2D eigenvalue weighted by Gasteiger charge is 2.35. The Morgan fingerprint density at radius 2 is 1.97 bits per heavy atom. The van der Waals surface area contributed by atoms with E-state index in [-0.39, 0.29) is 29.7 Å². The molecule has 6 nitrogen and oxygen atoms in total. The van der Waals surface area contributed by atoms with Gasteiger partial charge in [0.05, 0.1) is 18.4 Å². The van der Waals surface area contributed by atoms with Crippen molar-refractivity contribution in [1.82, 2.24) is 4.90 Å². The Hall–Kier alpha value is -3.01. The minimum Gasteiger partial charge on any atom is -0.497 e. The van der Waals surface area contributed by atoms with Crippen molar-refractivity contribution in [2.24, 2.45) is 4.99 Å². The van der Waals surface area contributed by atoms with Crippen LogP contribution >= 0.6 is 11.8 Å². The number of amidine groups is 1. The molecule has 0 aromatic heterocycles. The van der Waals surface area contributed by atoms with Crippen molar-refractivity contribution in [3.63, 3.8) is 0 Å². The summed E-state index contributed by atoms with van der Waals surface area (Å²) >= 11 is 1.05. The monoisotopic (exact) mass is 451 g/mol. The molecule has 0 aliphatic carbocycles. The van der Waals surface area contributed by atoms with Gasteiger partial charge in [-0.15, -0.1) is 0 Å². The first kappa shape index (κ1) is 22.7. The molecule has 1 atom stereocenters. The van der Waals surface area contributed by atoms with Gasteiger partial charge in [-0.05, 0) is 49.4 Å². The molecule has 0 saturated carbocycles. The number of alkyl halides is 3. The van der Waals surface area contributed by atoms with E-state index in [1.807, 2.05) is 0 Å². The van der Waals surface area contributed by atoms with Crippen LogP contribution in [0.15, 0.2) is 53.5 Å². The van der Waals surface area contributed by atoms with E-state index in [1.165, 1.54) is 24.1 Å². The molecule has 3 rings (SSSR count). The molecule has 1 aliphatic heterocycles. The predicted molar refractivity (Wildman–Crippen MR) is 114 cm³/mol. The van der Waals surface area contributed by atoms with Gasteiger partial charge in [0.15, 0.2) is 5.17 Å². The molecule has 0 bridgehead atoms. The molecule has 1 aliphatic rings. The number of carbonyl (C=O) groups is 2. The number of aliphatic imine (C=N–C) groups is 1. The van der Waals surface area contributed by atoms with Gasteiger partial charge in [0.2, 0.25) is 11.8 Å². The van der Waals surface area contributed by atoms with Gasteiger partial charge < -0.3 is 10.1 Å². The van der Waals surface area contributed by atoms with Crippen LogP contribution < -0.4 is 10.1 Å². The molecule has 164 valence electrons. The first-order valence-corrected chi connectivity index (χ1v) is 10.3. The Kier molecular flexibility index (Phi) is 6.89. The highest BCUT2D eigenvalue weighted by Crippen LogP contribution is 2.33. The number of anilines is 1. The lowest BCUT2D eigenvalue weighted by atomic mass is 10.2. The second kappa shape index (κ2) is 9.42. The third-order valence-corrected chi connectivity index (χ3v) is 5.69. The number of amides is 2. The van der Waals surface area contributed by atoms with Gasteiger partial charge in [-0.2, -0.15) is 13.2 Å². The molecule has 10 heteroatoms. The number of thioether (sulfide) groups is 1. The molecular weight excluding hydrogens is 431 g/mol. The first-order chi connectivity index (χ1) is 14.7. The smallest absolute Gasteiger partial charge is 0.416 e. The van der Waals surface area contributed by atoms with Crippen LogP contribution in [0.1, 0.15) is 18.9 Å². The molecule has 2 amide bonds. The standard InChI is InChI=1S/C21H20F3N3O3S/c1-3-27-18(28)12-17(19(29)25-14-7-9-16(30-2)10-8-14)31-20(27)26-15-6-4-5-13(11-15)21(22,23)24/h4-11,17H,3,12H2,1-2H3,(H,25,29). The van der Waals surface area contributed by atoms with E-state index in [2.05, 4.69) is 10.3 Å². The van der Waals surface area contributed by atoms with Gasteiger partial charge >= 0.3 is 6.18 Å². The van der Waals surface area contributed by atoms with Crippen molar-refractivity contribution in [3.8, 4) is 5.75 Å². The fourth-order valence-electron chi connectivity index (χ4n) is 2.91. The number of halogens is 3. The molecule has 0 radical (unpaired) electrons. The van der Waals surface area contributed by atoms with Crippen LogP contribution in [0.5, 0.6) is 5.75 Å². The second-order valence-electron chi connectivity index (χ2n) is 6.61. The Balaban J connectivity index is 1.82. The van der Waals surface area contributed by atoms with Crippen molar-refractivity contribution < 1.29 is 27.5 Å². The van der Waals surface area contributed by atoms with E-state index in [4.69, 9.17) is 4.74 Å². The zero-order valence-electron chi connectivity index (χ0n) is 16.8. The number of benzene rings is 2. The maximum absolute atomic E-state index is 13.0. The average molecular weight is 451 g/mol. The van der Waals surface area contributed by atoms with Gasteiger partial charge in [-0.25, -0.2) is 4.99 Å². The lowest BCUT2D eigenvalue weighted by Crippen LogP contribution is -2.45. The fourth-order valence-corrected chi connectivity index (χ4v) is 4.07. The third kappa shape index (κ3) is 5.57. The summed E-state index contributed by atoms with van der Waals surface area (Å²) in [6.07, 6.45) is -4.54. The molecule has 2 aromatic rings. The van der Waals surface area contributed by atoms with Crippen LogP contribution in [-0.4, -0.2) is 40.8 Å². The fraction of sp³-hybridized carbons (Fsp3) is 0.286. The van der Waals surface area contributed by atoms with Crippen LogP contribution in [-0.2, 0) is 15.8 Å². The molecular formula is C21H20F3N3O3S. The summed E-state index contributed by atoms with van der Waals surface area (Å²) in [6.45, 7) is 2.02. The van der Waals surface area contributed by atoms with Gasteiger partial charge in [0.25, 0.3) is 0 Å². The van der Waals surface area contributed by atoms with Gasteiger partial charge in [0, 0.05) is 18.7 Å². The zero-order valence-corrected chi connectivity index (χ0v) is 17.6. The normalized spacial score (nSPS) is 18.2. The summed E-state index contributed by atoms with van der Waals surface area (Å²) < 4.78 is 44.1. The molecule has 1 unspecified atom stereocenters. The van der Waals surface area contributed by atoms with E-state index in [1.54, 1.807) is 31.2 Å². The third-order valence-electron chi connectivity index (χ3n) is 4.50. The van der Waals surface area contributed by atoms with E-state index in [0.29, 0.717) is 11.4 Å². The van der Waals surface area contributed by atoms with Crippen molar-refractivity contribution in [3.05, 3.63) is 54.1 Å². The number of hydrogen-bond donors (Lipinski definition) is 1. The van der Waals surface area contributed by atoms with Crippen molar-refractivity contribution in [1.29, 1.82) is 0 Å². The molecule has 1 heterocycles. The summed E-state index contributed by atoms with van der Waals surface area (Å²) in [5, 5.41) is 2.17. The average Bonchev–Trinajstić information content (AvgIpc) is 2.73. The number of carbonyl (C=O) groups excluding carboxylic acids is 2. The molecule has 1 saturated heterocycles. The topological polar surface area (TPSA) is 71.0 Å². The van der Waals surface area contributed by atoms with Gasteiger partial charge in [-0.3, -0.25) is 14.5 Å². The van der Waals surface area contributed by atoms with Crippen molar-refractivity contribution >= 4 is 40.1 Å². The van der Waals surface area contributed by atoms with Crippen molar-refractivity contribution in [2.45, 2.75) is 24.8 Å². The summed E-state index contributed by atoms with van der Waals surface area (Å²) in [5.74, 6) is -0.0767.